The fourth-order valence-corrected chi connectivity index (χ4v) is 3.87. The maximum Gasteiger partial charge on any atom is 1.00 e. The van der Waals surface area contributed by atoms with Crippen LogP contribution < -0.4 is 34.6 Å². The van der Waals surface area contributed by atoms with Gasteiger partial charge in [0.05, 0.1) is 15.6 Å². The van der Waals surface area contributed by atoms with Gasteiger partial charge in [-0.3, -0.25) is 4.79 Å². The molecular formula is C21H14ClN4NaO4S. The molecule has 0 saturated carbocycles. The van der Waals surface area contributed by atoms with Crippen LogP contribution >= 0.6 is 11.6 Å². The molecule has 32 heavy (non-hydrogen) atoms. The van der Waals surface area contributed by atoms with E-state index in [0.29, 0.717) is 16.3 Å². The molecule has 11 heteroatoms. The van der Waals surface area contributed by atoms with Crippen LogP contribution in [0.25, 0.3) is 0 Å². The average molecular weight is 477 g/mol. The second-order valence-corrected chi connectivity index (χ2v) is 8.25. The zero-order chi connectivity index (χ0) is 22.0. The topological polar surface area (TPSA) is 115 Å². The van der Waals surface area contributed by atoms with Crippen LogP contribution in [0.5, 0.6) is 0 Å². The van der Waals surface area contributed by atoms with E-state index in [2.05, 4.69) is 15.3 Å². The summed E-state index contributed by atoms with van der Waals surface area (Å²) in [6.07, 6.45) is 0. The number of hydrogen-bond acceptors (Lipinski definition) is 7. The summed E-state index contributed by atoms with van der Waals surface area (Å²) in [5.74, 6) is -0.647. The third-order valence-electron chi connectivity index (χ3n) is 4.48. The molecule has 0 aliphatic carbocycles. The van der Waals surface area contributed by atoms with Crippen LogP contribution in [0.1, 0.15) is 5.56 Å². The van der Waals surface area contributed by atoms with Crippen molar-refractivity contribution >= 4 is 44.7 Å². The number of carbonyl (C=O) groups is 1. The number of nitrogens with zero attached hydrogens (tertiary/aromatic N) is 4. The summed E-state index contributed by atoms with van der Waals surface area (Å²) in [6, 6.07) is 19.8. The normalized spacial score (nSPS) is 16.2. The summed E-state index contributed by atoms with van der Waals surface area (Å²) in [6.45, 7) is 0. The first-order valence-corrected chi connectivity index (χ1v) is 10.8. The molecule has 1 atom stereocenters. The van der Waals surface area contributed by atoms with Crippen molar-refractivity contribution in [2.75, 3.05) is 5.01 Å². The molecule has 8 nitrogen and oxygen atoms in total. The number of hydrazone groups is 1. The van der Waals surface area contributed by atoms with Crippen molar-refractivity contribution in [3.8, 4) is 0 Å². The molecule has 4 rings (SSSR count). The Balaban J connectivity index is 0.00000289. The largest absolute Gasteiger partial charge is 1.00 e. The SMILES string of the molecule is O=C1C(N=Nc2ccccc2Cl)C(c2ccccc2)=NN1c1ccccc1S(=O)(=O)[O-].[Na+]. The zero-order valence-electron chi connectivity index (χ0n) is 16.8. The van der Waals surface area contributed by atoms with Crippen LogP contribution in [0.3, 0.4) is 0 Å². The van der Waals surface area contributed by atoms with Crippen molar-refractivity contribution in [1.29, 1.82) is 0 Å². The fraction of sp³-hybridized carbons (Fsp3) is 0.0476. The average Bonchev–Trinajstić information content (AvgIpc) is 3.09. The molecule has 0 spiro atoms. The smallest absolute Gasteiger partial charge is 0.744 e. The maximum absolute atomic E-state index is 13.2. The van der Waals surface area contributed by atoms with Crippen LogP contribution in [-0.4, -0.2) is 30.6 Å². The molecule has 1 amide bonds. The molecule has 0 saturated heterocycles. The van der Waals surface area contributed by atoms with Crippen LogP contribution in [0.2, 0.25) is 5.02 Å². The van der Waals surface area contributed by atoms with Crippen LogP contribution in [-0.2, 0) is 14.9 Å². The first kappa shape index (κ1) is 24.2. The molecule has 1 aliphatic heterocycles. The molecule has 0 radical (unpaired) electrons. The van der Waals surface area contributed by atoms with Crippen molar-refractivity contribution in [3.63, 3.8) is 0 Å². The van der Waals surface area contributed by atoms with Crippen LogP contribution in [0, 0.1) is 0 Å². The molecule has 3 aromatic rings. The van der Waals surface area contributed by atoms with Crippen molar-refractivity contribution in [3.05, 3.63) is 89.4 Å². The Hall–Kier alpha value is -2.40. The zero-order valence-corrected chi connectivity index (χ0v) is 20.4. The van der Waals surface area contributed by atoms with Crippen LogP contribution in [0.15, 0.2) is 99.1 Å². The Morgan fingerprint density at radius 3 is 2.25 bits per heavy atom. The second-order valence-electron chi connectivity index (χ2n) is 6.49. The molecule has 156 valence electrons. The molecular weight excluding hydrogens is 463 g/mol. The van der Waals surface area contributed by atoms with Crippen molar-refractivity contribution < 1.29 is 47.3 Å². The Morgan fingerprint density at radius 1 is 0.938 bits per heavy atom. The molecule has 0 bridgehead atoms. The molecule has 1 aliphatic rings. The number of benzene rings is 3. The predicted molar refractivity (Wildman–Crippen MR) is 115 cm³/mol. The number of carbonyl (C=O) groups excluding carboxylic acids is 1. The van der Waals surface area contributed by atoms with Crippen molar-refractivity contribution in [2.24, 2.45) is 15.3 Å². The third kappa shape index (κ3) is 4.98. The van der Waals surface area contributed by atoms with Crippen molar-refractivity contribution in [1.82, 2.24) is 0 Å². The Kier molecular flexibility index (Phi) is 7.60. The van der Waals surface area contributed by atoms with Crippen molar-refractivity contribution in [2.45, 2.75) is 10.9 Å². The van der Waals surface area contributed by atoms with E-state index < -0.39 is 27.0 Å². The van der Waals surface area contributed by atoms with E-state index in [-0.39, 0.29) is 41.0 Å². The van der Waals surface area contributed by atoms with Gasteiger partial charge in [0, 0.05) is 5.56 Å². The number of anilines is 1. The van der Waals surface area contributed by atoms with Gasteiger partial charge in [0.2, 0.25) is 0 Å². The van der Waals surface area contributed by atoms with Gasteiger partial charge in [-0.2, -0.15) is 20.3 Å². The molecule has 3 aromatic carbocycles. The number of halogens is 1. The minimum Gasteiger partial charge on any atom is -0.744 e. The summed E-state index contributed by atoms with van der Waals surface area (Å²) in [5.41, 5.74) is 1.08. The quantitative estimate of drug-likeness (QED) is 0.312. The summed E-state index contributed by atoms with van der Waals surface area (Å²) in [4.78, 5) is 12.7. The summed E-state index contributed by atoms with van der Waals surface area (Å²) < 4.78 is 35.1. The number of azo groups is 1. The third-order valence-corrected chi connectivity index (χ3v) is 5.68. The van der Waals surface area contributed by atoms with E-state index in [0.717, 1.165) is 11.1 Å². The monoisotopic (exact) mass is 476 g/mol. The van der Waals surface area contributed by atoms with Gasteiger partial charge in [-0.05, 0) is 24.3 Å². The maximum atomic E-state index is 13.2. The standard InChI is InChI=1S/C21H15ClN4O4S.Na/c22-15-10-4-5-11-16(15)23-24-20-19(14-8-2-1-3-9-14)25-26(21(20)27)17-12-6-7-13-18(17)31(28,29)30;/h1-13,20H,(H,28,29,30);/q;+1/p-1. The minimum atomic E-state index is -4.84. The Morgan fingerprint density at radius 2 is 1.56 bits per heavy atom. The number of amides is 1. The Bertz CT molecular complexity index is 1320. The number of rotatable bonds is 5. The molecule has 0 fully saturated rings. The van der Waals surface area contributed by atoms with Gasteiger partial charge >= 0.3 is 29.6 Å². The van der Waals surface area contributed by atoms with Gasteiger partial charge in [-0.1, -0.05) is 66.2 Å². The van der Waals surface area contributed by atoms with Gasteiger partial charge < -0.3 is 4.55 Å². The molecule has 1 heterocycles. The minimum absolute atomic E-state index is 0. The summed E-state index contributed by atoms with van der Waals surface area (Å²) in [5, 5.41) is 13.8. The van der Waals surface area contributed by atoms with Gasteiger partial charge in [-0.15, -0.1) is 0 Å². The van der Waals surface area contributed by atoms with E-state index >= 15 is 0 Å². The molecule has 0 N–H and O–H groups in total. The predicted octanol–water partition coefficient (Wildman–Crippen LogP) is 1.15. The molecule has 0 aromatic heterocycles. The van der Waals surface area contributed by atoms with E-state index in [1.807, 2.05) is 0 Å². The van der Waals surface area contributed by atoms with Gasteiger partial charge in [0.1, 0.15) is 21.5 Å². The van der Waals surface area contributed by atoms with Gasteiger partial charge in [0.25, 0.3) is 5.91 Å². The molecule has 1 unspecified atom stereocenters. The van der Waals surface area contributed by atoms with E-state index in [1.165, 1.54) is 18.2 Å². The Labute approximate surface area is 211 Å². The van der Waals surface area contributed by atoms with E-state index in [4.69, 9.17) is 11.6 Å². The van der Waals surface area contributed by atoms with E-state index in [1.54, 1.807) is 54.6 Å². The van der Waals surface area contributed by atoms with Crippen LogP contribution in [0.4, 0.5) is 11.4 Å². The number of hydrogen-bond donors (Lipinski definition) is 0. The summed E-state index contributed by atoms with van der Waals surface area (Å²) in [7, 11) is -4.84. The first-order chi connectivity index (χ1) is 14.9. The van der Waals surface area contributed by atoms with E-state index in [9.17, 15) is 17.8 Å². The van der Waals surface area contributed by atoms with Gasteiger partial charge in [-0.25, -0.2) is 8.42 Å². The summed E-state index contributed by atoms with van der Waals surface area (Å²) >= 11 is 6.11. The fourth-order valence-electron chi connectivity index (χ4n) is 3.04. The number of para-hydroxylation sites is 1. The van der Waals surface area contributed by atoms with Gasteiger partial charge in [0.15, 0.2) is 6.04 Å². The second kappa shape index (κ2) is 10.0. The first-order valence-electron chi connectivity index (χ1n) is 9.04.